The summed E-state index contributed by atoms with van der Waals surface area (Å²) in [4.78, 5) is 6.11. The van der Waals surface area contributed by atoms with Crippen LogP contribution in [0.1, 0.15) is 142 Å². The van der Waals surface area contributed by atoms with Gasteiger partial charge in [-0.1, -0.05) is 214 Å². The molecule has 8 aromatic carbocycles. The Kier molecular flexibility index (Phi) is 15.0. The minimum Gasteiger partial charge on any atom is -0.334 e. The molecule has 1 aromatic heterocycles. The van der Waals surface area contributed by atoms with Crippen LogP contribution in [0.4, 0.5) is 22.7 Å². The molecule has 0 saturated carbocycles. The molecule has 458 valence electrons. The van der Waals surface area contributed by atoms with E-state index in [0.717, 1.165) is 38.5 Å². The number of fused-ring (bicyclic) bond motifs is 7. The van der Waals surface area contributed by atoms with Crippen molar-refractivity contribution in [1.82, 2.24) is 4.57 Å². The highest BCUT2D eigenvalue weighted by atomic mass is 15.2. The normalized spacial score (nSPS) is 22.9. The summed E-state index contributed by atoms with van der Waals surface area (Å²) >= 11 is 0. The van der Waals surface area contributed by atoms with Crippen LogP contribution < -0.4 is 26.2 Å². The van der Waals surface area contributed by atoms with Gasteiger partial charge in [-0.2, -0.15) is 0 Å². The average Bonchev–Trinajstić information content (AvgIpc) is 0.762. The highest BCUT2D eigenvalue weighted by molar-refractivity contribution is 7.00. The molecule has 0 radical (unpaired) electrons. The summed E-state index contributed by atoms with van der Waals surface area (Å²) in [6.07, 6.45) is 42.6. The monoisotopic (exact) mass is 1200 g/mol. The average molecular weight is 1200 g/mol. The highest BCUT2D eigenvalue weighted by Gasteiger charge is 2.51. The Bertz CT molecular complexity index is 4450. The lowest BCUT2D eigenvalue weighted by Crippen LogP contribution is -2.65. The number of rotatable bonds is 10. The minimum atomic E-state index is -0.134. The molecule has 6 aliphatic carbocycles. The molecule has 0 spiro atoms. The van der Waals surface area contributed by atoms with Crippen LogP contribution in [0.2, 0.25) is 0 Å². The first-order valence-electron chi connectivity index (χ1n) is 35.7. The van der Waals surface area contributed by atoms with Gasteiger partial charge in [0.05, 0.1) is 23.1 Å². The van der Waals surface area contributed by atoms with E-state index >= 15 is 0 Å². The fourth-order valence-electron chi connectivity index (χ4n) is 18.7. The number of aromatic nitrogens is 1. The van der Waals surface area contributed by atoms with E-state index < -0.39 is 0 Å². The Morgan fingerprint density at radius 1 is 0.391 bits per heavy atom. The molecular formula is C88H88BN3. The maximum Gasteiger partial charge on any atom is 0.252 e. The third-order valence-corrected chi connectivity index (χ3v) is 23.2. The lowest BCUT2D eigenvalue weighted by atomic mass is 9.33. The number of benzene rings is 8. The van der Waals surface area contributed by atoms with Gasteiger partial charge in [-0.05, 0) is 242 Å². The molecule has 6 unspecified atom stereocenters. The first kappa shape index (κ1) is 57.6. The van der Waals surface area contributed by atoms with Crippen molar-refractivity contribution >= 4 is 67.7 Å². The summed E-state index contributed by atoms with van der Waals surface area (Å²) in [6, 6.07) is 69.1. The van der Waals surface area contributed by atoms with Crippen molar-refractivity contribution in [2.75, 3.05) is 9.80 Å². The number of nitrogens with zero attached hydrogens (tertiary/aromatic N) is 3. The molecule has 3 nitrogen and oxygen atoms in total. The molecule has 2 aliphatic heterocycles. The van der Waals surface area contributed by atoms with E-state index in [1.54, 1.807) is 22.3 Å². The van der Waals surface area contributed by atoms with Crippen molar-refractivity contribution in [3.63, 3.8) is 0 Å². The van der Waals surface area contributed by atoms with Gasteiger partial charge in [-0.15, -0.1) is 0 Å². The van der Waals surface area contributed by atoms with Crippen molar-refractivity contribution in [3.05, 3.63) is 252 Å². The van der Waals surface area contributed by atoms with E-state index in [1.807, 2.05) is 0 Å². The smallest absolute Gasteiger partial charge is 0.252 e. The maximum atomic E-state index is 3.06. The van der Waals surface area contributed by atoms with Crippen LogP contribution in [0.3, 0.4) is 0 Å². The van der Waals surface area contributed by atoms with Crippen molar-refractivity contribution in [2.45, 2.75) is 154 Å². The summed E-state index contributed by atoms with van der Waals surface area (Å²) in [5, 5.41) is 2.61. The molecule has 17 rings (SSSR count). The van der Waals surface area contributed by atoms with Gasteiger partial charge in [-0.25, -0.2) is 0 Å². The topological polar surface area (TPSA) is 11.4 Å². The maximum absolute atomic E-state index is 3.06. The fraction of sp³-hybridized carbons (Fsp3) is 0.318. The second kappa shape index (κ2) is 24.0. The summed E-state index contributed by atoms with van der Waals surface area (Å²) in [5.41, 5.74) is 29.5. The van der Waals surface area contributed by atoms with Gasteiger partial charge < -0.3 is 14.4 Å². The molecule has 8 aliphatic rings. The number of hydrogen-bond acceptors (Lipinski definition) is 2. The van der Waals surface area contributed by atoms with Gasteiger partial charge in [0.15, 0.2) is 0 Å². The lowest BCUT2D eigenvalue weighted by molar-refractivity contribution is 0.391. The van der Waals surface area contributed by atoms with Gasteiger partial charge in [0.1, 0.15) is 0 Å². The van der Waals surface area contributed by atoms with Gasteiger partial charge in [0, 0.05) is 51.0 Å². The van der Waals surface area contributed by atoms with Crippen LogP contribution >= 0.6 is 0 Å². The highest BCUT2D eigenvalue weighted by Crippen LogP contribution is 2.53. The quantitative estimate of drug-likeness (QED) is 0.0999. The predicted molar refractivity (Wildman–Crippen MR) is 393 cm³/mol. The molecule has 0 N–H and O–H groups in total. The third-order valence-electron chi connectivity index (χ3n) is 23.2. The second-order valence-corrected chi connectivity index (χ2v) is 29.4. The van der Waals surface area contributed by atoms with Crippen molar-refractivity contribution in [3.8, 4) is 39.1 Å². The second-order valence-electron chi connectivity index (χ2n) is 29.4. The predicted octanol–water partition coefficient (Wildman–Crippen LogP) is 21.6. The van der Waals surface area contributed by atoms with Gasteiger partial charge in [0.2, 0.25) is 0 Å². The van der Waals surface area contributed by atoms with E-state index in [9.17, 15) is 0 Å². The lowest BCUT2D eigenvalue weighted by Gasteiger charge is -2.53. The number of hydrogen-bond donors (Lipinski definition) is 0. The summed E-state index contributed by atoms with van der Waals surface area (Å²) in [7, 11) is 0. The largest absolute Gasteiger partial charge is 0.334 e. The standard InChI is InChI=1S/C88H88BN3/c1-88(2,3)69-56-83-85-84(57-69)92(87-73(66-31-15-7-16-32-66)39-24-40-74(87)67-33-17-8-18-34-67)82-58-70(90-79-41-21-19-35-75(79)76-36-20-22-42-80(76)90)52-54-78(82)89(85)77-53-51-68(63-49-47-62(48-50-63)61-45-43-60(44-46-61)59-25-9-4-10-26-59)55-81(77)91(83)86-71(64-27-11-5-12-28-64)37-23-38-72(86)65-29-13-6-14-30-65/h4-5,7,9-11,15,19-22,25-26,29,33,35-37,39,41-58,64,66,72,74,86-87H,6,8,12-14,16-18,23-24,27-28,30-32,34,38,40H2,1-3H3. The molecule has 0 fully saturated rings. The number of anilines is 4. The fourth-order valence-corrected chi connectivity index (χ4v) is 18.7. The molecule has 92 heavy (non-hydrogen) atoms. The summed E-state index contributed by atoms with van der Waals surface area (Å²) < 4.78 is 2.59. The van der Waals surface area contributed by atoms with E-state index in [2.05, 4.69) is 260 Å². The van der Waals surface area contributed by atoms with E-state index in [1.165, 1.54) is 183 Å². The van der Waals surface area contributed by atoms with Crippen LogP contribution in [0.15, 0.2) is 247 Å². The van der Waals surface area contributed by atoms with E-state index in [0.29, 0.717) is 23.7 Å². The van der Waals surface area contributed by atoms with Crippen molar-refractivity contribution in [1.29, 1.82) is 0 Å². The number of para-hydroxylation sites is 2. The Morgan fingerprint density at radius 2 is 0.859 bits per heavy atom. The molecular weight excluding hydrogens is 1110 g/mol. The zero-order valence-corrected chi connectivity index (χ0v) is 54.5. The number of allylic oxidation sites excluding steroid dienone is 8. The summed E-state index contributed by atoms with van der Waals surface area (Å²) in [5.74, 6) is 1.86. The third kappa shape index (κ3) is 10.1. The van der Waals surface area contributed by atoms with Crippen LogP contribution in [0.25, 0.3) is 60.9 Å². The molecule has 4 heteroatoms. The first-order valence-corrected chi connectivity index (χ1v) is 35.7. The van der Waals surface area contributed by atoms with Crippen molar-refractivity contribution in [2.24, 2.45) is 23.7 Å². The zero-order chi connectivity index (χ0) is 61.4. The van der Waals surface area contributed by atoms with Crippen LogP contribution in [-0.2, 0) is 5.41 Å². The first-order chi connectivity index (χ1) is 45.3. The summed E-state index contributed by atoms with van der Waals surface area (Å²) in [6.45, 7) is 7.49. The minimum absolute atomic E-state index is 0.0102. The van der Waals surface area contributed by atoms with Crippen LogP contribution in [0.5, 0.6) is 0 Å². The molecule has 3 heterocycles. The Morgan fingerprint density at radius 3 is 1.35 bits per heavy atom. The molecule has 9 aromatic rings. The van der Waals surface area contributed by atoms with Crippen LogP contribution in [0, 0.1) is 23.7 Å². The molecule has 0 amide bonds. The SMILES string of the molecule is CC(C)(C)c1cc2c3c(c1)N(C1C(C4CC=CCC4)=CCCC1C1=CCCCC1)c1cc(-n4c5ccccc5c5ccccc54)ccc1B3c1ccc(-c3ccc(-c4ccc(-c5ccccc5)cc4)cc3)cc1N2C1C(C2CC=CCC2)=CCCC1C1=CCCCC1. The van der Waals surface area contributed by atoms with Crippen LogP contribution in [-0.4, -0.2) is 23.4 Å². The molecule has 6 atom stereocenters. The van der Waals surface area contributed by atoms with Crippen molar-refractivity contribution < 1.29 is 0 Å². The zero-order valence-electron chi connectivity index (χ0n) is 54.5. The van der Waals surface area contributed by atoms with E-state index in [-0.39, 0.29) is 24.2 Å². The van der Waals surface area contributed by atoms with Gasteiger partial charge in [0.25, 0.3) is 6.71 Å². The Balaban J connectivity index is 0.928. The Labute approximate surface area is 547 Å². The van der Waals surface area contributed by atoms with E-state index in [4.69, 9.17) is 0 Å². The molecule has 0 bridgehead atoms. The van der Waals surface area contributed by atoms with Gasteiger partial charge in [-0.3, -0.25) is 0 Å². The van der Waals surface area contributed by atoms with Gasteiger partial charge >= 0.3 is 0 Å². The molecule has 0 saturated heterocycles. The Hall–Kier alpha value is -8.34.